The average molecular weight is 268 g/mol. The first-order valence-electron chi connectivity index (χ1n) is 6.08. The molecule has 1 aliphatic carbocycles. The van der Waals surface area contributed by atoms with Gasteiger partial charge in [-0.25, -0.2) is 13.1 Å². The molecule has 3 N–H and O–H groups in total. The zero-order chi connectivity index (χ0) is 13.6. The van der Waals surface area contributed by atoms with Gasteiger partial charge >= 0.3 is 0 Å². The van der Waals surface area contributed by atoms with Gasteiger partial charge < -0.3 is 5.73 Å². The quantitative estimate of drug-likeness (QED) is 0.819. The number of rotatable bonds is 4. The number of nitrogens with one attached hydrogen (secondary N) is 1. The third kappa shape index (κ3) is 2.67. The van der Waals surface area contributed by atoms with E-state index in [4.69, 9.17) is 5.73 Å². The number of hydrogen-bond acceptors (Lipinski definition) is 3. The van der Waals surface area contributed by atoms with Crippen LogP contribution in [0.25, 0.3) is 0 Å². The Morgan fingerprint density at radius 3 is 2.56 bits per heavy atom. The monoisotopic (exact) mass is 268 g/mol. The van der Waals surface area contributed by atoms with Crippen LogP contribution in [-0.2, 0) is 10.0 Å². The van der Waals surface area contributed by atoms with Gasteiger partial charge in [0.05, 0.1) is 5.69 Å². The van der Waals surface area contributed by atoms with Gasteiger partial charge in [-0.15, -0.1) is 0 Å². The van der Waals surface area contributed by atoms with E-state index in [9.17, 15) is 8.42 Å². The van der Waals surface area contributed by atoms with Gasteiger partial charge in [0, 0.05) is 6.54 Å². The van der Waals surface area contributed by atoms with Gasteiger partial charge in [-0.05, 0) is 42.4 Å². The topological polar surface area (TPSA) is 72.2 Å². The molecular weight excluding hydrogens is 248 g/mol. The van der Waals surface area contributed by atoms with Crippen LogP contribution in [0.4, 0.5) is 5.69 Å². The molecule has 0 aromatic heterocycles. The molecular formula is C13H20N2O2S. The summed E-state index contributed by atoms with van der Waals surface area (Å²) < 4.78 is 26.9. The minimum Gasteiger partial charge on any atom is -0.398 e. The van der Waals surface area contributed by atoms with Crippen LogP contribution in [0.5, 0.6) is 0 Å². The number of benzene rings is 1. The van der Waals surface area contributed by atoms with Crippen LogP contribution in [-0.4, -0.2) is 15.0 Å². The Morgan fingerprint density at radius 1 is 1.44 bits per heavy atom. The summed E-state index contributed by atoms with van der Waals surface area (Å²) in [6.45, 7) is 6.66. The second-order valence-corrected chi connectivity index (χ2v) is 7.52. The number of anilines is 1. The largest absolute Gasteiger partial charge is 0.398 e. The van der Waals surface area contributed by atoms with Gasteiger partial charge in [-0.3, -0.25) is 0 Å². The molecule has 0 bridgehead atoms. The summed E-state index contributed by atoms with van der Waals surface area (Å²) in [6, 6.07) is 4.99. The molecule has 1 saturated carbocycles. The van der Waals surface area contributed by atoms with Gasteiger partial charge in [-0.2, -0.15) is 0 Å². The fourth-order valence-corrected chi connectivity index (χ4v) is 3.32. The van der Waals surface area contributed by atoms with E-state index in [1.807, 2.05) is 6.92 Å². The highest BCUT2D eigenvalue weighted by Gasteiger charge is 2.45. The summed E-state index contributed by atoms with van der Waals surface area (Å²) in [5.74, 6) is 0.430. The Morgan fingerprint density at radius 2 is 2.06 bits per heavy atom. The predicted octanol–water partition coefficient (Wildman–Crippen LogP) is 1.90. The molecule has 1 fully saturated rings. The fourth-order valence-electron chi connectivity index (χ4n) is 2.13. The lowest BCUT2D eigenvalue weighted by molar-refractivity contribution is 0.538. The zero-order valence-electron chi connectivity index (χ0n) is 11.0. The molecule has 0 amide bonds. The van der Waals surface area contributed by atoms with E-state index < -0.39 is 10.0 Å². The number of hydrogen-bond donors (Lipinski definition) is 2. The Bertz CT molecular complexity index is 564. The van der Waals surface area contributed by atoms with Crippen molar-refractivity contribution >= 4 is 15.7 Å². The maximum absolute atomic E-state index is 12.1. The minimum absolute atomic E-state index is 0.173. The van der Waals surface area contributed by atoms with Crippen molar-refractivity contribution in [3.8, 4) is 0 Å². The number of aryl methyl sites for hydroxylation is 1. The molecule has 0 saturated heterocycles. The summed E-state index contributed by atoms with van der Waals surface area (Å²) in [5.41, 5.74) is 7.29. The van der Waals surface area contributed by atoms with Crippen LogP contribution in [0.1, 0.15) is 25.8 Å². The van der Waals surface area contributed by atoms with Gasteiger partial charge in [0.25, 0.3) is 0 Å². The normalized spacial score (nSPS) is 21.8. The zero-order valence-corrected chi connectivity index (χ0v) is 11.8. The summed E-state index contributed by atoms with van der Waals surface area (Å²) in [5, 5.41) is 0. The van der Waals surface area contributed by atoms with Crippen molar-refractivity contribution < 1.29 is 8.42 Å². The van der Waals surface area contributed by atoms with Crippen molar-refractivity contribution in [3.63, 3.8) is 0 Å². The molecule has 100 valence electrons. The number of nitrogen functional groups attached to an aromatic ring is 1. The van der Waals surface area contributed by atoms with E-state index in [1.54, 1.807) is 18.2 Å². The Balaban J connectivity index is 2.11. The van der Waals surface area contributed by atoms with Crippen LogP contribution in [0, 0.1) is 18.3 Å². The summed E-state index contributed by atoms with van der Waals surface area (Å²) >= 11 is 0. The lowest BCUT2D eigenvalue weighted by Crippen LogP contribution is -2.27. The van der Waals surface area contributed by atoms with Crippen molar-refractivity contribution in [2.75, 3.05) is 12.3 Å². The van der Waals surface area contributed by atoms with Crippen LogP contribution >= 0.6 is 0 Å². The van der Waals surface area contributed by atoms with Crippen LogP contribution in [0.3, 0.4) is 0 Å². The third-order valence-electron chi connectivity index (χ3n) is 3.69. The molecule has 0 radical (unpaired) electrons. The highest BCUT2D eigenvalue weighted by atomic mass is 32.2. The van der Waals surface area contributed by atoms with Crippen molar-refractivity contribution in [1.29, 1.82) is 0 Å². The van der Waals surface area contributed by atoms with E-state index in [1.165, 1.54) is 0 Å². The lowest BCUT2D eigenvalue weighted by Gasteiger charge is -2.10. The van der Waals surface area contributed by atoms with Gasteiger partial charge in [-0.1, -0.05) is 19.9 Å². The molecule has 4 nitrogen and oxygen atoms in total. The Hall–Kier alpha value is -1.07. The van der Waals surface area contributed by atoms with Crippen LogP contribution in [0.2, 0.25) is 0 Å². The molecule has 1 atom stereocenters. The first kappa shape index (κ1) is 13.4. The molecule has 0 spiro atoms. The van der Waals surface area contributed by atoms with E-state index >= 15 is 0 Å². The maximum atomic E-state index is 12.1. The van der Waals surface area contributed by atoms with Gasteiger partial charge in [0.1, 0.15) is 4.90 Å². The second-order valence-electron chi connectivity index (χ2n) is 5.78. The van der Waals surface area contributed by atoms with E-state index in [0.717, 1.165) is 12.0 Å². The summed E-state index contributed by atoms with van der Waals surface area (Å²) in [7, 11) is -3.49. The molecule has 0 aliphatic heterocycles. The summed E-state index contributed by atoms with van der Waals surface area (Å²) in [4.78, 5) is 0.173. The molecule has 5 heteroatoms. The third-order valence-corrected chi connectivity index (χ3v) is 5.19. The minimum atomic E-state index is -3.49. The molecule has 1 unspecified atom stereocenters. The van der Waals surface area contributed by atoms with Crippen LogP contribution < -0.4 is 10.5 Å². The molecule has 18 heavy (non-hydrogen) atoms. The van der Waals surface area contributed by atoms with Crippen molar-refractivity contribution in [3.05, 3.63) is 23.8 Å². The highest BCUT2D eigenvalue weighted by Crippen LogP contribution is 2.51. The predicted molar refractivity (Wildman–Crippen MR) is 72.7 cm³/mol. The molecule has 2 rings (SSSR count). The Labute approximate surface area is 109 Å². The van der Waals surface area contributed by atoms with Crippen molar-refractivity contribution in [2.24, 2.45) is 11.3 Å². The molecule has 1 aromatic carbocycles. The van der Waals surface area contributed by atoms with Crippen LogP contribution in [0.15, 0.2) is 23.1 Å². The van der Waals surface area contributed by atoms with Crippen molar-refractivity contribution in [2.45, 2.75) is 32.1 Å². The van der Waals surface area contributed by atoms with Crippen molar-refractivity contribution in [1.82, 2.24) is 4.72 Å². The first-order chi connectivity index (χ1) is 8.22. The maximum Gasteiger partial charge on any atom is 0.242 e. The van der Waals surface area contributed by atoms with Gasteiger partial charge in [0.15, 0.2) is 0 Å². The lowest BCUT2D eigenvalue weighted by atomic mass is 10.1. The SMILES string of the molecule is Cc1ccc(S(=O)(=O)NCC2CC2(C)C)c(N)c1. The van der Waals surface area contributed by atoms with Gasteiger partial charge in [0.2, 0.25) is 10.0 Å². The number of sulfonamides is 1. The molecule has 1 aromatic rings. The van der Waals surface area contributed by atoms with E-state index in [0.29, 0.717) is 18.2 Å². The summed E-state index contributed by atoms with van der Waals surface area (Å²) in [6.07, 6.45) is 1.07. The first-order valence-corrected chi connectivity index (χ1v) is 7.56. The molecule has 1 aliphatic rings. The second kappa shape index (κ2) is 4.24. The standard InChI is InChI=1S/C13H20N2O2S/c1-9-4-5-12(11(14)6-9)18(16,17)15-8-10-7-13(10,2)3/h4-6,10,15H,7-8,14H2,1-3H3. The number of nitrogens with two attached hydrogens (primary N) is 1. The smallest absolute Gasteiger partial charge is 0.242 e. The van der Waals surface area contributed by atoms with E-state index in [2.05, 4.69) is 18.6 Å². The highest BCUT2D eigenvalue weighted by molar-refractivity contribution is 7.89. The fraction of sp³-hybridized carbons (Fsp3) is 0.538. The average Bonchev–Trinajstić information content (AvgIpc) is 2.83. The van der Waals surface area contributed by atoms with E-state index in [-0.39, 0.29) is 10.3 Å². The molecule has 0 heterocycles. The Kier molecular flexibility index (Phi) is 3.15.